The van der Waals surface area contributed by atoms with Gasteiger partial charge in [0.25, 0.3) is 0 Å². The Kier molecular flexibility index (Phi) is 4.61. The van der Waals surface area contributed by atoms with Crippen LogP contribution in [0.15, 0.2) is 18.2 Å². The average molecular weight is 239 g/mol. The van der Waals surface area contributed by atoms with Gasteiger partial charge in [-0.15, -0.1) is 6.42 Å². The van der Waals surface area contributed by atoms with Crippen molar-refractivity contribution in [3.8, 4) is 12.3 Å². The Balaban J connectivity index is 2.81. The Morgan fingerprint density at radius 2 is 2.18 bits per heavy atom. The van der Waals surface area contributed by atoms with Crippen LogP contribution in [-0.2, 0) is 11.3 Å². The average Bonchev–Trinajstić information content (AvgIpc) is 2.23. The molecule has 3 nitrogen and oxygen atoms in total. The standard InChI is InChI=1S/C12H11F2NO2/c1-2-5-15(8-12(16)17)7-9-6-10(13)3-4-11(9)14/h1,3-4,6H,5,7-8H2,(H,16,17). The topological polar surface area (TPSA) is 40.5 Å². The Morgan fingerprint density at radius 3 is 2.76 bits per heavy atom. The lowest BCUT2D eigenvalue weighted by Gasteiger charge is -2.17. The summed E-state index contributed by atoms with van der Waals surface area (Å²) in [5, 5.41) is 8.63. The lowest BCUT2D eigenvalue weighted by Crippen LogP contribution is -2.30. The van der Waals surface area contributed by atoms with Crippen molar-refractivity contribution in [3.63, 3.8) is 0 Å². The molecule has 1 aromatic rings. The number of terminal acetylenes is 1. The highest BCUT2D eigenvalue weighted by Crippen LogP contribution is 2.12. The monoisotopic (exact) mass is 239 g/mol. The van der Waals surface area contributed by atoms with Gasteiger partial charge in [0.15, 0.2) is 0 Å². The van der Waals surface area contributed by atoms with E-state index in [9.17, 15) is 13.6 Å². The van der Waals surface area contributed by atoms with Gasteiger partial charge < -0.3 is 5.11 Å². The number of hydrogen-bond acceptors (Lipinski definition) is 2. The van der Waals surface area contributed by atoms with E-state index in [1.165, 1.54) is 4.90 Å². The van der Waals surface area contributed by atoms with E-state index in [0.29, 0.717) is 0 Å². The van der Waals surface area contributed by atoms with Crippen molar-refractivity contribution in [1.82, 2.24) is 4.90 Å². The quantitative estimate of drug-likeness (QED) is 0.791. The van der Waals surface area contributed by atoms with Gasteiger partial charge in [0, 0.05) is 12.1 Å². The first kappa shape index (κ1) is 13.1. The molecule has 1 rings (SSSR count). The second-order valence-electron chi connectivity index (χ2n) is 3.48. The first-order chi connectivity index (χ1) is 8.02. The van der Waals surface area contributed by atoms with Gasteiger partial charge in [-0.3, -0.25) is 9.69 Å². The third kappa shape index (κ3) is 4.21. The lowest BCUT2D eigenvalue weighted by molar-refractivity contribution is -0.138. The van der Waals surface area contributed by atoms with Gasteiger partial charge in [0.05, 0.1) is 13.1 Å². The molecule has 1 aromatic carbocycles. The van der Waals surface area contributed by atoms with Crippen molar-refractivity contribution in [2.45, 2.75) is 6.54 Å². The molecule has 1 N–H and O–H groups in total. The number of nitrogens with zero attached hydrogens (tertiary/aromatic N) is 1. The molecule has 0 aliphatic carbocycles. The summed E-state index contributed by atoms with van der Waals surface area (Å²) in [6.07, 6.45) is 5.07. The number of halogens is 2. The van der Waals surface area contributed by atoms with E-state index in [-0.39, 0.29) is 25.2 Å². The first-order valence-electron chi connectivity index (χ1n) is 4.84. The fourth-order valence-corrected chi connectivity index (χ4v) is 1.39. The summed E-state index contributed by atoms with van der Waals surface area (Å²) in [6, 6.07) is 3.03. The highest BCUT2D eigenvalue weighted by molar-refractivity contribution is 5.69. The Labute approximate surface area is 97.7 Å². The van der Waals surface area contributed by atoms with E-state index < -0.39 is 17.6 Å². The minimum absolute atomic E-state index is 0.0416. The number of carbonyl (C=O) groups is 1. The molecule has 0 bridgehead atoms. The molecule has 0 fully saturated rings. The van der Waals surface area contributed by atoms with Crippen molar-refractivity contribution in [3.05, 3.63) is 35.4 Å². The van der Waals surface area contributed by atoms with Gasteiger partial charge in [-0.05, 0) is 18.2 Å². The Hall–Kier alpha value is -1.93. The van der Waals surface area contributed by atoms with Gasteiger partial charge in [-0.1, -0.05) is 5.92 Å². The summed E-state index contributed by atoms with van der Waals surface area (Å²) >= 11 is 0. The highest BCUT2D eigenvalue weighted by atomic mass is 19.1. The van der Waals surface area contributed by atoms with Gasteiger partial charge in [0.1, 0.15) is 11.6 Å². The molecule has 0 saturated carbocycles. The molecule has 5 heteroatoms. The van der Waals surface area contributed by atoms with Crippen LogP contribution in [0.1, 0.15) is 5.56 Å². The van der Waals surface area contributed by atoms with Crippen molar-refractivity contribution < 1.29 is 18.7 Å². The zero-order valence-corrected chi connectivity index (χ0v) is 8.99. The summed E-state index contributed by atoms with van der Waals surface area (Å²) in [7, 11) is 0. The number of aliphatic carboxylic acids is 1. The predicted octanol–water partition coefficient (Wildman–Crippen LogP) is 1.48. The summed E-state index contributed by atoms with van der Waals surface area (Å²) < 4.78 is 26.2. The van der Waals surface area contributed by atoms with Crippen molar-refractivity contribution in [2.75, 3.05) is 13.1 Å². The molecule has 0 amide bonds. The molecule has 0 saturated heterocycles. The lowest BCUT2D eigenvalue weighted by atomic mass is 10.2. The van der Waals surface area contributed by atoms with Crippen molar-refractivity contribution in [2.24, 2.45) is 0 Å². The maximum Gasteiger partial charge on any atom is 0.317 e. The first-order valence-corrected chi connectivity index (χ1v) is 4.84. The summed E-state index contributed by atoms with van der Waals surface area (Å²) in [6.45, 7) is -0.303. The van der Waals surface area contributed by atoms with Crippen LogP contribution in [0.2, 0.25) is 0 Å². The normalized spacial score (nSPS) is 10.2. The molecule has 0 aliphatic rings. The van der Waals surface area contributed by atoms with E-state index >= 15 is 0 Å². The van der Waals surface area contributed by atoms with Crippen LogP contribution in [-0.4, -0.2) is 29.1 Å². The van der Waals surface area contributed by atoms with Crippen LogP contribution in [0.3, 0.4) is 0 Å². The Bertz CT molecular complexity index is 454. The van der Waals surface area contributed by atoms with Gasteiger partial charge in [0.2, 0.25) is 0 Å². The van der Waals surface area contributed by atoms with Crippen molar-refractivity contribution >= 4 is 5.97 Å². The van der Waals surface area contributed by atoms with Crippen molar-refractivity contribution in [1.29, 1.82) is 0 Å². The second kappa shape index (κ2) is 5.97. The van der Waals surface area contributed by atoms with Crippen LogP contribution in [0.25, 0.3) is 0 Å². The van der Waals surface area contributed by atoms with E-state index in [1.54, 1.807) is 0 Å². The zero-order valence-electron chi connectivity index (χ0n) is 8.99. The maximum atomic E-state index is 13.3. The zero-order chi connectivity index (χ0) is 12.8. The molecule has 0 heterocycles. The minimum atomic E-state index is -1.07. The molecule has 90 valence electrons. The van der Waals surface area contributed by atoms with E-state index in [4.69, 9.17) is 11.5 Å². The van der Waals surface area contributed by atoms with Crippen LogP contribution in [0.5, 0.6) is 0 Å². The van der Waals surface area contributed by atoms with E-state index in [0.717, 1.165) is 18.2 Å². The van der Waals surface area contributed by atoms with Gasteiger partial charge in [-0.25, -0.2) is 8.78 Å². The molecule has 0 aliphatic heterocycles. The minimum Gasteiger partial charge on any atom is -0.480 e. The number of carboxylic acid groups (broad SMARTS) is 1. The summed E-state index contributed by atoms with van der Waals surface area (Å²) in [5.41, 5.74) is 0.0847. The molecular formula is C12H11F2NO2. The predicted molar refractivity (Wildman–Crippen MR) is 58.1 cm³/mol. The van der Waals surface area contributed by atoms with Crippen LogP contribution in [0.4, 0.5) is 8.78 Å². The SMILES string of the molecule is C#CCN(CC(=O)O)Cc1cc(F)ccc1F. The van der Waals surface area contributed by atoms with Crippen LogP contribution < -0.4 is 0 Å². The number of rotatable bonds is 5. The largest absolute Gasteiger partial charge is 0.480 e. The molecule has 0 atom stereocenters. The molecule has 17 heavy (non-hydrogen) atoms. The summed E-state index contributed by atoms with van der Waals surface area (Å²) in [4.78, 5) is 11.9. The molecule has 0 radical (unpaired) electrons. The molecule has 0 unspecified atom stereocenters. The van der Waals surface area contributed by atoms with Crippen LogP contribution in [0, 0.1) is 24.0 Å². The number of hydrogen-bond donors (Lipinski definition) is 1. The highest BCUT2D eigenvalue weighted by Gasteiger charge is 2.12. The fraction of sp³-hybridized carbons (Fsp3) is 0.250. The Morgan fingerprint density at radius 1 is 1.47 bits per heavy atom. The van der Waals surface area contributed by atoms with Gasteiger partial charge in [-0.2, -0.15) is 0 Å². The molecule has 0 aromatic heterocycles. The number of benzene rings is 1. The maximum absolute atomic E-state index is 13.3. The summed E-state index contributed by atoms with van der Waals surface area (Å²) in [5.74, 6) is 0.0454. The van der Waals surface area contributed by atoms with E-state index in [2.05, 4.69) is 5.92 Å². The number of carboxylic acids is 1. The molecule has 0 spiro atoms. The third-order valence-corrected chi connectivity index (χ3v) is 2.08. The van der Waals surface area contributed by atoms with E-state index in [1.807, 2.05) is 0 Å². The fourth-order valence-electron chi connectivity index (χ4n) is 1.39. The van der Waals surface area contributed by atoms with Gasteiger partial charge >= 0.3 is 5.97 Å². The van der Waals surface area contributed by atoms with Crippen LogP contribution >= 0.6 is 0 Å². The molecular weight excluding hydrogens is 228 g/mol. The smallest absolute Gasteiger partial charge is 0.317 e. The second-order valence-corrected chi connectivity index (χ2v) is 3.48. The third-order valence-electron chi connectivity index (χ3n) is 2.08.